The van der Waals surface area contributed by atoms with Crippen LogP contribution in [0.15, 0.2) is 59.0 Å². The van der Waals surface area contributed by atoms with E-state index in [1.807, 2.05) is 18.7 Å². The molecule has 47 heavy (non-hydrogen) atoms. The molecule has 3 aromatic heterocycles. The number of thiophene rings is 1. The molecule has 0 bridgehead atoms. The topological polar surface area (TPSA) is 101 Å². The molecule has 7 rings (SSSR count). The largest absolute Gasteiger partial charge is 0.420 e. The van der Waals surface area contributed by atoms with Crippen molar-refractivity contribution in [2.75, 3.05) is 6.54 Å². The van der Waals surface area contributed by atoms with Crippen LogP contribution in [0.3, 0.4) is 0 Å². The fourth-order valence-corrected chi connectivity index (χ4v) is 7.18. The molecule has 0 saturated carbocycles. The van der Waals surface area contributed by atoms with E-state index in [1.165, 1.54) is 29.5 Å². The van der Waals surface area contributed by atoms with Crippen molar-refractivity contribution in [1.82, 2.24) is 25.4 Å². The lowest BCUT2D eigenvalue weighted by molar-refractivity contribution is 0.0776. The average molecular weight is 658 g/mol. The Morgan fingerprint density at radius 3 is 2.51 bits per heavy atom. The second-order valence-electron chi connectivity index (χ2n) is 12.0. The van der Waals surface area contributed by atoms with Gasteiger partial charge in [-0.3, -0.25) is 14.6 Å². The van der Waals surface area contributed by atoms with Crippen molar-refractivity contribution in [3.8, 4) is 21.9 Å². The fraction of sp³-hybridized carbons (Fsp3) is 0.286. The van der Waals surface area contributed by atoms with Gasteiger partial charge in [0.15, 0.2) is 11.6 Å². The van der Waals surface area contributed by atoms with E-state index in [2.05, 4.69) is 15.5 Å². The van der Waals surface area contributed by atoms with Crippen molar-refractivity contribution >= 4 is 23.2 Å². The van der Waals surface area contributed by atoms with Crippen LogP contribution in [0, 0.1) is 17.5 Å². The Kier molecular flexibility index (Phi) is 8.13. The van der Waals surface area contributed by atoms with Gasteiger partial charge in [-0.2, -0.15) is 0 Å². The molecule has 12 heteroatoms. The summed E-state index contributed by atoms with van der Waals surface area (Å²) in [5.74, 6) is -2.17. The number of halogens is 3. The molecule has 240 valence electrons. The summed E-state index contributed by atoms with van der Waals surface area (Å²) in [5, 5.41) is 11.4. The Hall–Kier alpha value is -4.84. The summed E-state index contributed by atoms with van der Waals surface area (Å²) in [6.45, 7) is 4.51. The number of aromatic nitrogens is 3. The highest BCUT2D eigenvalue weighted by molar-refractivity contribution is 7.17. The summed E-state index contributed by atoms with van der Waals surface area (Å²) < 4.78 is 46.9. The number of nitrogens with one attached hydrogen (secondary N) is 1. The van der Waals surface area contributed by atoms with Crippen molar-refractivity contribution in [1.29, 1.82) is 0 Å². The standard InChI is InChI=1S/C35H30F3N5O3S/c1-18(2)33-41-42-34(46-33)28-24(12-8-19-5-9-21(36)10-6-19)40-31-25-4-3-15-43(25)35(45)30(31)29(28)26-13-14-27(47-26)32(44)39-17-20-7-11-22(37)23(38)16-20/h5-7,9-11,13-14,16,18,25H,3-4,8,12,15,17H2,1-2H3,(H,39,44)/t25-/m1/s1. The van der Waals surface area contributed by atoms with Crippen LogP contribution in [-0.4, -0.2) is 38.4 Å². The third-order valence-corrected chi connectivity index (χ3v) is 9.67. The molecule has 1 fully saturated rings. The van der Waals surface area contributed by atoms with Gasteiger partial charge in [-0.15, -0.1) is 21.5 Å². The predicted octanol–water partition coefficient (Wildman–Crippen LogP) is 7.41. The molecule has 8 nitrogen and oxygen atoms in total. The van der Waals surface area contributed by atoms with Crippen molar-refractivity contribution in [2.24, 2.45) is 0 Å². The summed E-state index contributed by atoms with van der Waals surface area (Å²) >= 11 is 1.20. The number of benzene rings is 2. The number of rotatable bonds is 9. The van der Waals surface area contributed by atoms with Crippen LogP contribution in [0.2, 0.25) is 0 Å². The summed E-state index contributed by atoms with van der Waals surface area (Å²) in [4.78, 5) is 35.2. The minimum Gasteiger partial charge on any atom is -0.420 e. The zero-order valence-electron chi connectivity index (χ0n) is 25.6. The van der Waals surface area contributed by atoms with Crippen molar-refractivity contribution in [3.63, 3.8) is 0 Å². The molecule has 0 unspecified atom stereocenters. The molecule has 1 atom stereocenters. The molecular formula is C35H30F3N5O3S. The van der Waals surface area contributed by atoms with E-state index in [0.717, 1.165) is 30.5 Å². The summed E-state index contributed by atoms with van der Waals surface area (Å²) in [6, 6.07) is 13.1. The van der Waals surface area contributed by atoms with Crippen LogP contribution in [0.4, 0.5) is 13.2 Å². The Morgan fingerprint density at radius 1 is 0.979 bits per heavy atom. The van der Waals surface area contributed by atoms with Gasteiger partial charge < -0.3 is 14.6 Å². The number of fused-ring (bicyclic) bond motifs is 3. The Labute approximate surface area is 272 Å². The molecule has 0 radical (unpaired) electrons. The lowest BCUT2D eigenvalue weighted by atomic mass is 9.93. The average Bonchev–Trinajstić information content (AvgIpc) is 3.87. The van der Waals surface area contributed by atoms with Gasteiger partial charge in [-0.25, -0.2) is 13.2 Å². The number of carbonyl (C=O) groups excluding carboxylic acids is 2. The summed E-state index contributed by atoms with van der Waals surface area (Å²) in [7, 11) is 0. The molecule has 0 spiro atoms. The highest BCUT2D eigenvalue weighted by Crippen LogP contribution is 2.49. The molecule has 2 aliphatic rings. The zero-order valence-corrected chi connectivity index (χ0v) is 26.5. The van der Waals surface area contributed by atoms with E-state index in [1.54, 1.807) is 24.3 Å². The molecule has 2 aliphatic heterocycles. The van der Waals surface area contributed by atoms with Gasteiger partial charge >= 0.3 is 0 Å². The number of aryl methyl sites for hydroxylation is 2. The smallest absolute Gasteiger partial charge is 0.261 e. The maximum absolute atomic E-state index is 14.0. The first-order valence-corrected chi connectivity index (χ1v) is 16.3. The first-order chi connectivity index (χ1) is 22.7. The maximum Gasteiger partial charge on any atom is 0.261 e. The van der Waals surface area contributed by atoms with Gasteiger partial charge in [0.1, 0.15) is 5.82 Å². The summed E-state index contributed by atoms with van der Waals surface area (Å²) in [5.41, 5.74) is 4.29. The number of amides is 2. The predicted molar refractivity (Wildman–Crippen MR) is 169 cm³/mol. The van der Waals surface area contributed by atoms with E-state index >= 15 is 0 Å². The minimum absolute atomic E-state index is 0.00178. The van der Waals surface area contributed by atoms with Crippen molar-refractivity contribution in [2.45, 2.75) is 58.0 Å². The van der Waals surface area contributed by atoms with Gasteiger partial charge in [-0.05, 0) is 73.2 Å². The molecule has 0 aliphatic carbocycles. The van der Waals surface area contributed by atoms with Crippen LogP contribution in [0.1, 0.15) is 87.1 Å². The number of hydrogen-bond donors (Lipinski definition) is 1. The van der Waals surface area contributed by atoms with Crippen LogP contribution < -0.4 is 5.32 Å². The van der Waals surface area contributed by atoms with E-state index in [4.69, 9.17) is 9.40 Å². The Balaban J connectivity index is 1.32. The van der Waals surface area contributed by atoms with Gasteiger partial charge in [0.25, 0.3) is 11.8 Å². The van der Waals surface area contributed by atoms with Crippen LogP contribution in [-0.2, 0) is 19.4 Å². The molecule has 2 aromatic carbocycles. The number of hydrogen-bond acceptors (Lipinski definition) is 7. The first-order valence-electron chi connectivity index (χ1n) is 15.5. The fourth-order valence-electron chi connectivity index (χ4n) is 6.20. The number of pyridine rings is 1. The zero-order chi connectivity index (χ0) is 32.8. The van der Waals surface area contributed by atoms with E-state index in [9.17, 15) is 22.8 Å². The summed E-state index contributed by atoms with van der Waals surface area (Å²) in [6.07, 6.45) is 2.67. The lowest BCUT2D eigenvalue weighted by Crippen LogP contribution is -2.23. The second-order valence-corrected chi connectivity index (χ2v) is 13.1. The van der Waals surface area contributed by atoms with Crippen LogP contribution in [0.5, 0.6) is 0 Å². The Bertz CT molecular complexity index is 2010. The highest BCUT2D eigenvalue weighted by atomic mass is 32.1. The second kappa shape index (κ2) is 12.4. The third kappa shape index (κ3) is 5.82. The van der Waals surface area contributed by atoms with Crippen LogP contribution in [0.25, 0.3) is 21.9 Å². The number of carbonyl (C=O) groups is 2. The van der Waals surface area contributed by atoms with Gasteiger partial charge in [0, 0.05) is 29.4 Å². The van der Waals surface area contributed by atoms with Crippen molar-refractivity contribution in [3.05, 3.63) is 111 Å². The lowest BCUT2D eigenvalue weighted by Gasteiger charge is -2.16. The molecule has 2 amide bonds. The van der Waals surface area contributed by atoms with Gasteiger partial charge in [0.05, 0.1) is 33.4 Å². The first kappa shape index (κ1) is 30.8. The molecule has 1 N–H and O–H groups in total. The van der Waals surface area contributed by atoms with E-state index in [0.29, 0.717) is 68.7 Å². The quantitative estimate of drug-likeness (QED) is 0.177. The van der Waals surface area contributed by atoms with E-state index < -0.39 is 17.5 Å². The van der Waals surface area contributed by atoms with Crippen molar-refractivity contribution < 1.29 is 27.2 Å². The molecule has 5 aromatic rings. The van der Waals surface area contributed by atoms with E-state index in [-0.39, 0.29) is 36.1 Å². The van der Waals surface area contributed by atoms with Gasteiger partial charge in [0.2, 0.25) is 11.8 Å². The number of nitrogens with zero attached hydrogens (tertiary/aromatic N) is 4. The maximum atomic E-state index is 14.0. The molecular weight excluding hydrogens is 627 g/mol. The normalized spacial score (nSPS) is 15.4. The SMILES string of the molecule is CC(C)c1nnc(-c2c(CCc3ccc(F)cc3)nc3c(c2-c2ccc(C(=O)NCc4ccc(F)c(F)c4)s2)C(=O)N2CCC[C@H]32)o1. The Morgan fingerprint density at radius 2 is 1.77 bits per heavy atom. The highest BCUT2D eigenvalue weighted by Gasteiger charge is 2.45. The minimum atomic E-state index is -0.990. The van der Waals surface area contributed by atoms with Crippen LogP contribution >= 0.6 is 11.3 Å². The monoisotopic (exact) mass is 657 g/mol. The molecule has 1 saturated heterocycles. The molecule has 5 heterocycles. The third-order valence-electron chi connectivity index (χ3n) is 8.57. The van der Waals surface area contributed by atoms with Gasteiger partial charge in [-0.1, -0.05) is 32.0 Å².